The fourth-order valence-corrected chi connectivity index (χ4v) is 3.08. The minimum absolute atomic E-state index is 0.365. The van der Waals surface area contributed by atoms with Crippen LogP contribution in [0.2, 0.25) is 0 Å². The number of aromatic nitrogens is 1. The van der Waals surface area contributed by atoms with E-state index >= 15 is 0 Å². The molecule has 0 amide bonds. The van der Waals surface area contributed by atoms with E-state index in [1.165, 1.54) is 16.7 Å². The van der Waals surface area contributed by atoms with Gasteiger partial charge in [0.25, 0.3) is 0 Å². The molecular formula is C13H16N2OS. The van der Waals surface area contributed by atoms with Crippen LogP contribution < -0.4 is 5.32 Å². The van der Waals surface area contributed by atoms with Crippen LogP contribution in [0.15, 0.2) is 18.2 Å². The summed E-state index contributed by atoms with van der Waals surface area (Å²) in [6.07, 6.45) is 2.71. The van der Waals surface area contributed by atoms with E-state index in [1.807, 2.05) is 0 Å². The molecule has 1 fully saturated rings. The van der Waals surface area contributed by atoms with Crippen molar-refractivity contribution in [1.29, 1.82) is 0 Å². The molecule has 0 radical (unpaired) electrons. The molecule has 0 spiro atoms. The zero-order valence-electron chi connectivity index (χ0n) is 9.90. The first-order valence-corrected chi connectivity index (χ1v) is 6.85. The van der Waals surface area contributed by atoms with E-state index in [0.717, 1.165) is 30.2 Å². The van der Waals surface area contributed by atoms with Gasteiger partial charge in [0.2, 0.25) is 0 Å². The number of benzene rings is 1. The van der Waals surface area contributed by atoms with Crippen molar-refractivity contribution in [3.05, 3.63) is 23.8 Å². The highest BCUT2D eigenvalue weighted by Gasteiger charge is 2.15. The lowest BCUT2D eigenvalue weighted by atomic mass is 10.2. The summed E-state index contributed by atoms with van der Waals surface area (Å²) in [5, 5.41) is 4.38. The molecule has 0 aliphatic carbocycles. The largest absolute Gasteiger partial charge is 0.376 e. The summed E-state index contributed by atoms with van der Waals surface area (Å²) in [4.78, 5) is 4.57. The van der Waals surface area contributed by atoms with Crippen LogP contribution in [0, 0.1) is 6.92 Å². The number of nitrogens with one attached hydrogen (secondary N) is 1. The summed E-state index contributed by atoms with van der Waals surface area (Å²) < 4.78 is 6.83. The van der Waals surface area contributed by atoms with Crippen LogP contribution in [-0.2, 0) is 4.74 Å². The number of rotatable bonds is 3. The zero-order chi connectivity index (χ0) is 11.7. The SMILES string of the molecule is Cc1ccc2nc(NC[C@@H]3CCCO3)sc2c1. The van der Waals surface area contributed by atoms with Crippen molar-refractivity contribution >= 4 is 26.7 Å². The van der Waals surface area contributed by atoms with Gasteiger partial charge in [-0.25, -0.2) is 4.98 Å². The van der Waals surface area contributed by atoms with E-state index < -0.39 is 0 Å². The van der Waals surface area contributed by atoms with E-state index in [-0.39, 0.29) is 0 Å². The van der Waals surface area contributed by atoms with E-state index in [9.17, 15) is 0 Å². The molecular weight excluding hydrogens is 232 g/mol. The molecule has 2 aromatic rings. The lowest BCUT2D eigenvalue weighted by Crippen LogP contribution is -2.18. The van der Waals surface area contributed by atoms with Gasteiger partial charge >= 0.3 is 0 Å². The number of thiazole rings is 1. The van der Waals surface area contributed by atoms with Crippen LogP contribution >= 0.6 is 11.3 Å². The van der Waals surface area contributed by atoms with E-state index in [0.29, 0.717) is 6.10 Å². The predicted molar refractivity (Wildman–Crippen MR) is 71.8 cm³/mol. The van der Waals surface area contributed by atoms with Gasteiger partial charge in [0.1, 0.15) is 0 Å². The Bertz CT molecular complexity index is 517. The molecule has 17 heavy (non-hydrogen) atoms. The van der Waals surface area contributed by atoms with Crippen LogP contribution in [0.1, 0.15) is 18.4 Å². The summed E-state index contributed by atoms with van der Waals surface area (Å²) >= 11 is 1.72. The molecule has 0 bridgehead atoms. The number of ether oxygens (including phenoxy) is 1. The topological polar surface area (TPSA) is 34.2 Å². The number of hydrogen-bond acceptors (Lipinski definition) is 4. The van der Waals surface area contributed by atoms with E-state index in [1.54, 1.807) is 11.3 Å². The van der Waals surface area contributed by atoms with Gasteiger partial charge in [-0.2, -0.15) is 0 Å². The van der Waals surface area contributed by atoms with Gasteiger partial charge in [0.15, 0.2) is 5.13 Å². The second-order valence-corrected chi connectivity index (χ2v) is 5.54. The van der Waals surface area contributed by atoms with Crippen molar-refractivity contribution in [2.75, 3.05) is 18.5 Å². The standard InChI is InChI=1S/C13H16N2OS/c1-9-4-5-11-12(7-9)17-13(15-11)14-8-10-3-2-6-16-10/h4-5,7,10H,2-3,6,8H2,1H3,(H,14,15)/t10-/m0/s1. The average Bonchev–Trinajstić information content (AvgIpc) is 2.94. The Labute approximate surface area is 105 Å². The average molecular weight is 248 g/mol. The number of aryl methyl sites for hydroxylation is 1. The molecule has 1 aliphatic heterocycles. The molecule has 0 unspecified atom stereocenters. The fourth-order valence-electron chi connectivity index (χ4n) is 2.11. The zero-order valence-corrected chi connectivity index (χ0v) is 10.7. The Balaban J connectivity index is 1.72. The molecule has 1 aromatic heterocycles. The first kappa shape index (κ1) is 11.0. The predicted octanol–water partition coefficient (Wildman–Crippen LogP) is 3.20. The van der Waals surface area contributed by atoms with Crippen molar-refractivity contribution in [3.63, 3.8) is 0 Å². The van der Waals surface area contributed by atoms with Crippen LogP contribution in [0.5, 0.6) is 0 Å². The molecule has 4 heteroatoms. The lowest BCUT2D eigenvalue weighted by molar-refractivity contribution is 0.120. The van der Waals surface area contributed by atoms with Gasteiger partial charge in [-0.3, -0.25) is 0 Å². The minimum atomic E-state index is 0.365. The Kier molecular flexibility index (Phi) is 2.99. The summed E-state index contributed by atoms with van der Waals surface area (Å²) in [5.74, 6) is 0. The van der Waals surface area contributed by atoms with Crippen molar-refractivity contribution < 1.29 is 4.74 Å². The molecule has 1 saturated heterocycles. The molecule has 3 rings (SSSR count). The van der Waals surface area contributed by atoms with Gasteiger partial charge in [-0.15, -0.1) is 0 Å². The summed E-state index contributed by atoms with van der Waals surface area (Å²) in [6.45, 7) is 3.89. The van der Waals surface area contributed by atoms with Crippen LogP contribution in [0.25, 0.3) is 10.2 Å². The molecule has 0 saturated carbocycles. The van der Waals surface area contributed by atoms with Crippen LogP contribution in [-0.4, -0.2) is 24.2 Å². The highest BCUT2D eigenvalue weighted by molar-refractivity contribution is 7.22. The molecule has 3 nitrogen and oxygen atoms in total. The maximum absolute atomic E-state index is 5.58. The maximum Gasteiger partial charge on any atom is 0.183 e. The normalized spacial score (nSPS) is 19.9. The maximum atomic E-state index is 5.58. The Morgan fingerprint density at radius 3 is 3.29 bits per heavy atom. The van der Waals surface area contributed by atoms with Gasteiger partial charge in [-0.05, 0) is 37.5 Å². The fraction of sp³-hybridized carbons (Fsp3) is 0.462. The third-order valence-electron chi connectivity index (χ3n) is 3.05. The molecule has 1 aliphatic rings. The number of hydrogen-bond donors (Lipinski definition) is 1. The number of nitrogens with zero attached hydrogens (tertiary/aromatic N) is 1. The van der Waals surface area contributed by atoms with E-state index in [2.05, 4.69) is 35.4 Å². The molecule has 1 aromatic carbocycles. The minimum Gasteiger partial charge on any atom is -0.376 e. The number of anilines is 1. The summed E-state index contributed by atoms with van der Waals surface area (Å²) in [6, 6.07) is 6.37. The van der Waals surface area contributed by atoms with Gasteiger partial charge < -0.3 is 10.1 Å². The van der Waals surface area contributed by atoms with E-state index in [4.69, 9.17) is 4.74 Å². The highest BCUT2D eigenvalue weighted by Crippen LogP contribution is 2.27. The van der Waals surface area contributed by atoms with Crippen molar-refractivity contribution in [3.8, 4) is 0 Å². The van der Waals surface area contributed by atoms with Crippen molar-refractivity contribution in [1.82, 2.24) is 4.98 Å². The van der Waals surface area contributed by atoms with Crippen LogP contribution in [0.4, 0.5) is 5.13 Å². The molecule has 2 heterocycles. The Morgan fingerprint density at radius 2 is 2.47 bits per heavy atom. The number of fused-ring (bicyclic) bond motifs is 1. The third kappa shape index (κ3) is 2.42. The second-order valence-electron chi connectivity index (χ2n) is 4.51. The van der Waals surface area contributed by atoms with Crippen molar-refractivity contribution in [2.45, 2.75) is 25.9 Å². The Morgan fingerprint density at radius 1 is 1.53 bits per heavy atom. The second kappa shape index (κ2) is 4.63. The molecule has 90 valence electrons. The van der Waals surface area contributed by atoms with Gasteiger partial charge in [0.05, 0.1) is 16.3 Å². The summed E-state index contributed by atoms with van der Waals surface area (Å²) in [5.41, 5.74) is 2.36. The smallest absolute Gasteiger partial charge is 0.183 e. The van der Waals surface area contributed by atoms with Crippen molar-refractivity contribution in [2.24, 2.45) is 0 Å². The quantitative estimate of drug-likeness (QED) is 0.905. The first-order chi connectivity index (χ1) is 8.31. The molecule has 1 atom stereocenters. The molecule has 1 N–H and O–H groups in total. The first-order valence-electron chi connectivity index (χ1n) is 6.04. The lowest BCUT2D eigenvalue weighted by Gasteiger charge is -2.08. The third-order valence-corrected chi connectivity index (χ3v) is 4.02. The van der Waals surface area contributed by atoms with Gasteiger partial charge in [-0.1, -0.05) is 17.4 Å². The summed E-state index contributed by atoms with van der Waals surface area (Å²) in [7, 11) is 0. The highest BCUT2D eigenvalue weighted by atomic mass is 32.1. The van der Waals surface area contributed by atoms with Crippen LogP contribution in [0.3, 0.4) is 0 Å². The van der Waals surface area contributed by atoms with Gasteiger partial charge in [0, 0.05) is 13.2 Å². The Hall–Kier alpha value is -1.13. The monoisotopic (exact) mass is 248 g/mol.